The predicted molar refractivity (Wildman–Crippen MR) is 176 cm³/mol. The lowest BCUT2D eigenvalue weighted by molar-refractivity contribution is -0.135. The molecular formula is C36H55N5O5. The van der Waals surface area contributed by atoms with Gasteiger partial charge in [0.1, 0.15) is 12.4 Å². The van der Waals surface area contributed by atoms with E-state index in [9.17, 15) is 15.0 Å². The largest absolute Gasteiger partial charge is 0.485 e. The standard InChI is InChI=1S/C36H55N5O5/c1-25-31-11-15-41(20-27(31)8-9-33(25)45-23-30-19-37-24-46-30)21-29(43)18-39-34(44)32-10-14-38-35(40-28-16-26(17-28)22-42)36(32)12-6-4-2-3-5-7-13-36/h8-9,19,24,26,28-29,32,35,38,40,42-43H,2-7,10-18,20-23H2,1H3,(H,39,44)/t26-,28+,29-,32?,35?/m0/s1. The van der Waals surface area contributed by atoms with Crippen LogP contribution in [-0.4, -0.2) is 77.1 Å². The topological polar surface area (TPSA) is 132 Å². The lowest BCUT2D eigenvalue weighted by Gasteiger charge is -2.52. The summed E-state index contributed by atoms with van der Waals surface area (Å²) in [6.07, 6.45) is 15.7. The first kappa shape index (κ1) is 33.4. The Labute approximate surface area is 274 Å². The second kappa shape index (κ2) is 15.6. The molecule has 0 radical (unpaired) electrons. The number of aliphatic hydroxyl groups is 2. The Morgan fingerprint density at radius 2 is 1.98 bits per heavy atom. The normalized spacial score (nSPS) is 27.5. The van der Waals surface area contributed by atoms with Crippen molar-refractivity contribution in [1.29, 1.82) is 0 Å². The van der Waals surface area contributed by atoms with E-state index in [0.717, 1.165) is 82.3 Å². The third-order valence-electron chi connectivity index (χ3n) is 11.3. The van der Waals surface area contributed by atoms with E-state index < -0.39 is 6.10 Å². The van der Waals surface area contributed by atoms with Crippen molar-refractivity contribution >= 4 is 5.91 Å². The Morgan fingerprint density at radius 3 is 2.72 bits per heavy atom. The fraction of sp³-hybridized carbons (Fsp3) is 0.722. The van der Waals surface area contributed by atoms with Crippen LogP contribution < -0.4 is 20.7 Å². The van der Waals surface area contributed by atoms with E-state index in [2.05, 4.69) is 38.8 Å². The zero-order valence-electron chi connectivity index (χ0n) is 27.6. The first-order valence-corrected chi connectivity index (χ1v) is 17.8. The number of nitrogens with one attached hydrogen (secondary N) is 3. The van der Waals surface area contributed by atoms with Crippen LogP contribution in [0.3, 0.4) is 0 Å². The van der Waals surface area contributed by atoms with Crippen LogP contribution in [0.5, 0.6) is 5.75 Å². The van der Waals surface area contributed by atoms with E-state index >= 15 is 0 Å². The molecule has 46 heavy (non-hydrogen) atoms. The van der Waals surface area contributed by atoms with Crippen LogP contribution in [-0.2, 0) is 24.4 Å². The molecule has 254 valence electrons. The summed E-state index contributed by atoms with van der Waals surface area (Å²) in [5.74, 6) is 1.99. The van der Waals surface area contributed by atoms with Gasteiger partial charge in [0, 0.05) is 50.2 Å². The molecule has 3 fully saturated rings. The number of benzene rings is 1. The number of piperidine rings is 1. The molecule has 1 saturated heterocycles. The summed E-state index contributed by atoms with van der Waals surface area (Å²) in [4.78, 5) is 20.2. The first-order chi connectivity index (χ1) is 22.4. The molecule has 4 aliphatic rings. The molecule has 1 aromatic carbocycles. The van der Waals surface area contributed by atoms with Crippen LogP contribution in [0.1, 0.15) is 93.1 Å². The van der Waals surface area contributed by atoms with Gasteiger partial charge in [-0.2, -0.15) is 0 Å². The molecule has 2 unspecified atom stereocenters. The molecule has 10 heteroatoms. The molecule has 2 aliphatic carbocycles. The first-order valence-electron chi connectivity index (χ1n) is 17.8. The highest BCUT2D eigenvalue weighted by molar-refractivity contribution is 5.80. The van der Waals surface area contributed by atoms with Crippen molar-refractivity contribution in [3.63, 3.8) is 0 Å². The van der Waals surface area contributed by atoms with Gasteiger partial charge in [0.05, 0.1) is 18.5 Å². The van der Waals surface area contributed by atoms with Gasteiger partial charge in [-0.05, 0) is 80.7 Å². The summed E-state index contributed by atoms with van der Waals surface area (Å²) in [6, 6.07) is 4.55. The number of aromatic nitrogens is 1. The van der Waals surface area contributed by atoms with Crippen LogP contribution >= 0.6 is 0 Å². The number of hydrogen-bond acceptors (Lipinski definition) is 9. The third kappa shape index (κ3) is 7.79. The summed E-state index contributed by atoms with van der Waals surface area (Å²) >= 11 is 0. The van der Waals surface area contributed by atoms with Gasteiger partial charge in [0.25, 0.3) is 0 Å². The van der Waals surface area contributed by atoms with E-state index in [0.29, 0.717) is 30.9 Å². The van der Waals surface area contributed by atoms with E-state index in [4.69, 9.17) is 9.15 Å². The molecule has 10 nitrogen and oxygen atoms in total. The molecule has 3 atom stereocenters. The number of amides is 1. The SMILES string of the molecule is Cc1c(OCc2cnco2)ccc2c1CCN(C[C@@H](O)CNC(=O)C1CCNC(N[C@H]3C[C@@H](CO)C3)C13CCCCCCCC3)C2. The van der Waals surface area contributed by atoms with E-state index in [1.807, 2.05) is 6.07 Å². The zero-order chi connectivity index (χ0) is 31.9. The van der Waals surface area contributed by atoms with Crippen LogP contribution in [0.15, 0.2) is 29.1 Å². The number of ether oxygens (including phenoxy) is 1. The molecule has 0 bridgehead atoms. The summed E-state index contributed by atoms with van der Waals surface area (Å²) in [6.45, 7) is 5.96. The lowest BCUT2D eigenvalue weighted by atomic mass is 9.62. The number of aliphatic hydroxyl groups excluding tert-OH is 2. The summed E-state index contributed by atoms with van der Waals surface area (Å²) in [5.41, 5.74) is 3.60. The number of fused-ring (bicyclic) bond motifs is 1. The molecule has 1 aromatic heterocycles. The molecule has 2 saturated carbocycles. The Bertz CT molecular complexity index is 1260. The molecule has 2 aliphatic heterocycles. The van der Waals surface area contributed by atoms with Gasteiger partial charge in [-0.25, -0.2) is 4.98 Å². The molecule has 3 heterocycles. The number of carbonyl (C=O) groups excluding carboxylic acids is 1. The van der Waals surface area contributed by atoms with Crippen LogP contribution in [0, 0.1) is 24.2 Å². The quantitative estimate of drug-likeness (QED) is 0.250. The fourth-order valence-corrected chi connectivity index (χ4v) is 8.67. The minimum Gasteiger partial charge on any atom is -0.485 e. The maximum Gasteiger partial charge on any atom is 0.223 e. The van der Waals surface area contributed by atoms with Crippen molar-refractivity contribution < 1.29 is 24.2 Å². The van der Waals surface area contributed by atoms with Gasteiger partial charge >= 0.3 is 0 Å². The fourth-order valence-electron chi connectivity index (χ4n) is 8.67. The Morgan fingerprint density at radius 1 is 1.20 bits per heavy atom. The van der Waals surface area contributed by atoms with Crippen LogP contribution in [0.25, 0.3) is 0 Å². The molecule has 1 spiro atoms. The Balaban J connectivity index is 1.04. The highest BCUT2D eigenvalue weighted by atomic mass is 16.5. The van der Waals surface area contributed by atoms with Gasteiger partial charge in [0.15, 0.2) is 12.2 Å². The van der Waals surface area contributed by atoms with Gasteiger partial charge < -0.3 is 30.0 Å². The van der Waals surface area contributed by atoms with E-state index in [1.165, 1.54) is 43.2 Å². The number of nitrogens with zero attached hydrogens (tertiary/aromatic N) is 2. The minimum atomic E-state index is -0.631. The number of β-amino-alcohol motifs (C(OH)–C–C–N with tert-alkyl or cyclic N) is 1. The Kier molecular flexibility index (Phi) is 11.3. The highest BCUT2D eigenvalue weighted by Crippen LogP contribution is 2.47. The van der Waals surface area contributed by atoms with Crippen molar-refractivity contribution in [2.45, 2.75) is 115 Å². The van der Waals surface area contributed by atoms with Gasteiger partial charge in [-0.15, -0.1) is 0 Å². The summed E-state index contributed by atoms with van der Waals surface area (Å²) < 4.78 is 11.3. The number of rotatable bonds is 11. The number of oxazole rings is 1. The van der Waals surface area contributed by atoms with Crippen molar-refractivity contribution in [3.05, 3.63) is 47.2 Å². The molecule has 1 amide bonds. The second-order valence-electron chi connectivity index (χ2n) is 14.4. The predicted octanol–water partition coefficient (Wildman–Crippen LogP) is 3.81. The summed E-state index contributed by atoms with van der Waals surface area (Å²) in [7, 11) is 0. The molecule has 2 aromatic rings. The number of hydrogen-bond donors (Lipinski definition) is 5. The highest BCUT2D eigenvalue weighted by Gasteiger charge is 2.51. The van der Waals surface area contributed by atoms with E-state index in [1.54, 1.807) is 6.20 Å². The van der Waals surface area contributed by atoms with Crippen molar-refractivity contribution in [2.75, 3.05) is 32.8 Å². The van der Waals surface area contributed by atoms with Crippen molar-refractivity contribution in [1.82, 2.24) is 25.8 Å². The molecular weight excluding hydrogens is 582 g/mol. The van der Waals surface area contributed by atoms with Gasteiger partial charge in [-0.1, -0.05) is 44.6 Å². The van der Waals surface area contributed by atoms with Gasteiger partial charge in [0.2, 0.25) is 5.91 Å². The van der Waals surface area contributed by atoms with Crippen LogP contribution in [0.2, 0.25) is 0 Å². The van der Waals surface area contributed by atoms with Crippen molar-refractivity contribution in [3.8, 4) is 5.75 Å². The van der Waals surface area contributed by atoms with Crippen molar-refractivity contribution in [2.24, 2.45) is 17.3 Å². The maximum atomic E-state index is 14.0. The smallest absolute Gasteiger partial charge is 0.223 e. The maximum absolute atomic E-state index is 14.0. The average molecular weight is 638 g/mol. The monoisotopic (exact) mass is 637 g/mol. The molecule has 5 N–H and O–H groups in total. The Hall–Kier alpha value is -2.50. The minimum absolute atomic E-state index is 0.0735. The third-order valence-corrected chi connectivity index (χ3v) is 11.3. The lowest BCUT2D eigenvalue weighted by Crippen LogP contribution is -2.66. The van der Waals surface area contributed by atoms with Gasteiger partial charge in [-0.3, -0.25) is 15.0 Å². The summed E-state index contributed by atoms with van der Waals surface area (Å²) in [5, 5.41) is 31.6. The average Bonchev–Trinajstić information content (AvgIpc) is 3.59. The van der Waals surface area contributed by atoms with E-state index in [-0.39, 0.29) is 36.6 Å². The zero-order valence-corrected chi connectivity index (χ0v) is 27.6. The second-order valence-corrected chi connectivity index (χ2v) is 14.4. The number of carbonyl (C=O) groups is 1. The van der Waals surface area contributed by atoms with Crippen LogP contribution in [0.4, 0.5) is 0 Å². The molecule has 6 rings (SSSR count).